The largest absolute Gasteiger partial charge is 0.441 e. The van der Waals surface area contributed by atoms with Crippen LogP contribution in [-0.4, -0.2) is 9.91 Å². The van der Waals surface area contributed by atoms with E-state index in [1.54, 1.807) is 32.2 Å². The average molecular weight is 218 g/mol. The van der Waals surface area contributed by atoms with Gasteiger partial charge in [-0.25, -0.2) is 4.98 Å². The molecule has 2 aromatic rings. The van der Waals surface area contributed by atoms with E-state index in [9.17, 15) is 10.1 Å². The second-order valence-corrected chi connectivity index (χ2v) is 3.48. The van der Waals surface area contributed by atoms with Gasteiger partial charge in [-0.1, -0.05) is 6.07 Å². The lowest BCUT2D eigenvalue weighted by Gasteiger charge is -2.01. The maximum atomic E-state index is 10.8. The minimum Gasteiger partial charge on any atom is -0.441 e. The molecule has 1 aromatic heterocycles. The highest BCUT2D eigenvalue weighted by Crippen LogP contribution is 2.29. The van der Waals surface area contributed by atoms with E-state index in [4.69, 9.17) is 4.42 Å². The van der Waals surface area contributed by atoms with E-state index < -0.39 is 4.92 Å². The van der Waals surface area contributed by atoms with E-state index in [1.165, 1.54) is 6.07 Å². The van der Waals surface area contributed by atoms with Crippen LogP contribution in [0.4, 0.5) is 5.69 Å². The normalized spacial score (nSPS) is 10.4. The summed E-state index contributed by atoms with van der Waals surface area (Å²) in [5, 5.41) is 10.8. The second kappa shape index (κ2) is 3.77. The standard InChI is InChI=1S/C11H10N2O3/c1-7-6-12-11(16-7)9-4-3-5-10(8(9)2)13(14)15/h3-6H,1-2H3. The molecule has 0 saturated carbocycles. The SMILES string of the molecule is Cc1cnc(-c2cccc([N+](=O)[O-])c2C)o1. The number of rotatable bonds is 2. The number of oxazole rings is 1. The van der Waals surface area contributed by atoms with Crippen LogP contribution in [0.1, 0.15) is 11.3 Å². The molecule has 0 N–H and O–H groups in total. The predicted octanol–water partition coefficient (Wildman–Crippen LogP) is 2.87. The summed E-state index contributed by atoms with van der Waals surface area (Å²) < 4.78 is 5.35. The van der Waals surface area contributed by atoms with Crippen molar-refractivity contribution >= 4 is 5.69 Å². The van der Waals surface area contributed by atoms with Crippen molar-refractivity contribution < 1.29 is 9.34 Å². The van der Waals surface area contributed by atoms with Crippen LogP contribution in [0.2, 0.25) is 0 Å². The minimum atomic E-state index is -0.408. The fraction of sp³-hybridized carbons (Fsp3) is 0.182. The van der Waals surface area contributed by atoms with Gasteiger partial charge in [0.2, 0.25) is 5.89 Å². The number of nitro benzene ring substituents is 1. The van der Waals surface area contributed by atoms with Crippen LogP contribution in [0.25, 0.3) is 11.5 Å². The maximum absolute atomic E-state index is 10.8. The van der Waals surface area contributed by atoms with Crippen LogP contribution < -0.4 is 0 Å². The molecule has 0 fully saturated rings. The zero-order valence-corrected chi connectivity index (χ0v) is 8.93. The third-order valence-corrected chi connectivity index (χ3v) is 2.35. The first-order valence-electron chi connectivity index (χ1n) is 4.76. The van der Waals surface area contributed by atoms with E-state index in [1.807, 2.05) is 0 Å². The molecule has 0 unspecified atom stereocenters. The predicted molar refractivity (Wildman–Crippen MR) is 58.1 cm³/mol. The van der Waals surface area contributed by atoms with Crippen LogP contribution >= 0.6 is 0 Å². The molecular formula is C11H10N2O3. The monoisotopic (exact) mass is 218 g/mol. The lowest BCUT2D eigenvalue weighted by atomic mass is 10.1. The Morgan fingerprint density at radius 2 is 2.12 bits per heavy atom. The molecule has 0 aliphatic rings. The Hall–Kier alpha value is -2.17. The van der Waals surface area contributed by atoms with Crippen molar-refractivity contribution in [2.45, 2.75) is 13.8 Å². The van der Waals surface area contributed by atoms with E-state index in [2.05, 4.69) is 4.98 Å². The van der Waals surface area contributed by atoms with E-state index in [-0.39, 0.29) is 5.69 Å². The van der Waals surface area contributed by atoms with Crippen molar-refractivity contribution in [1.82, 2.24) is 4.98 Å². The van der Waals surface area contributed by atoms with Crippen LogP contribution in [-0.2, 0) is 0 Å². The van der Waals surface area contributed by atoms with E-state index in [0.717, 1.165) is 0 Å². The van der Waals surface area contributed by atoms with Crippen molar-refractivity contribution in [2.24, 2.45) is 0 Å². The molecule has 0 amide bonds. The number of aromatic nitrogens is 1. The summed E-state index contributed by atoms with van der Waals surface area (Å²) in [5.74, 6) is 1.10. The highest BCUT2D eigenvalue weighted by Gasteiger charge is 2.16. The molecule has 0 bridgehead atoms. The molecule has 82 valence electrons. The lowest BCUT2D eigenvalue weighted by Crippen LogP contribution is -1.93. The van der Waals surface area contributed by atoms with Crippen LogP contribution in [0, 0.1) is 24.0 Å². The smallest absolute Gasteiger partial charge is 0.273 e. The third-order valence-electron chi connectivity index (χ3n) is 2.35. The fourth-order valence-electron chi connectivity index (χ4n) is 1.53. The first-order valence-corrected chi connectivity index (χ1v) is 4.76. The molecule has 0 atom stereocenters. The summed E-state index contributed by atoms with van der Waals surface area (Å²) in [6, 6.07) is 4.85. The molecule has 0 spiro atoms. The zero-order valence-electron chi connectivity index (χ0n) is 8.93. The minimum absolute atomic E-state index is 0.0772. The number of aryl methyl sites for hydroxylation is 1. The van der Waals surface area contributed by atoms with Crippen LogP contribution in [0.5, 0.6) is 0 Å². The summed E-state index contributed by atoms with van der Waals surface area (Å²) in [6.45, 7) is 3.47. The molecule has 5 heteroatoms. The molecule has 0 aliphatic heterocycles. The summed E-state index contributed by atoms with van der Waals surface area (Å²) >= 11 is 0. The molecule has 1 heterocycles. The van der Waals surface area contributed by atoms with Gasteiger partial charge in [0.25, 0.3) is 5.69 Å². The molecule has 1 aromatic carbocycles. The summed E-state index contributed by atoms with van der Waals surface area (Å²) in [5.41, 5.74) is 1.30. The van der Waals surface area contributed by atoms with Gasteiger partial charge in [0, 0.05) is 17.2 Å². The Balaban J connectivity index is 2.58. The lowest BCUT2D eigenvalue weighted by molar-refractivity contribution is -0.385. The van der Waals surface area contributed by atoms with Gasteiger partial charge in [-0.2, -0.15) is 0 Å². The van der Waals surface area contributed by atoms with Gasteiger partial charge < -0.3 is 4.42 Å². The van der Waals surface area contributed by atoms with Crippen molar-refractivity contribution in [3.05, 3.63) is 45.8 Å². The number of nitrogens with zero attached hydrogens (tertiary/aromatic N) is 2. The first kappa shape index (κ1) is 10.4. The molecule has 16 heavy (non-hydrogen) atoms. The van der Waals surface area contributed by atoms with Crippen molar-refractivity contribution in [2.75, 3.05) is 0 Å². The van der Waals surface area contributed by atoms with Crippen LogP contribution in [0.3, 0.4) is 0 Å². The van der Waals surface area contributed by atoms with Crippen molar-refractivity contribution in [3.8, 4) is 11.5 Å². The van der Waals surface area contributed by atoms with Crippen molar-refractivity contribution in [3.63, 3.8) is 0 Å². The highest BCUT2D eigenvalue weighted by molar-refractivity contribution is 5.64. The van der Waals surface area contributed by atoms with E-state index >= 15 is 0 Å². The number of nitro groups is 1. The molecule has 0 aliphatic carbocycles. The summed E-state index contributed by atoms with van der Waals surface area (Å²) in [4.78, 5) is 14.4. The van der Waals surface area contributed by atoms with Gasteiger partial charge in [0.05, 0.1) is 11.1 Å². The van der Waals surface area contributed by atoms with Crippen molar-refractivity contribution in [1.29, 1.82) is 0 Å². The molecular weight excluding hydrogens is 208 g/mol. The van der Waals surface area contributed by atoms with Gasteiger partial charge in [-0.3, -0.25) is 10.1 Å². The molecule has 0 saturated heterocycles. The second-order valence-electron chi connectivity index (χ2n) is 3.48. The van der Waals surface area contributed by atoms with Gasteiger partial charge in [-0.15, -0.1) is 0 Å². The molecule has 2 rings (SSSR count). The Morgan fingerprint density at radius 3 is 2.69 bits per heavy atom. The number of benzene rings is 1. The Kier molecular flexibility index (Phi) is 2.44. The highest BCUT2D eigenvalue weighted by atomic mass is 16.6. The van der Waals surface area contributed by atoms with Gasteiger partial charge in [0.15, 0.2) is 0 Å². The maximum Gasteiger partial charge on any atom is 0.273 e. The topological polar surface area (TPSA) is 69.2 Å². The molecule has 0 radical (unpaired) electrons. The summed E-state index contributed by atoms with van der Waals surface area (Å²) in [6.07, 6.45) is 1.59. The Morgan fingerprint density at radius 1 is 1.38 bits per heavy atom. The van der Waals surface area contributed by atoms with Gasteiger partial charge in [0.1, 0.15) is 5.76 Å². The number of hydrogen-bond acceptors (Lipinski definition) is 4. The quantitative estimate of drug-likeness (QED) is 0.574. The third kappa shape index (κ3) is 1.67. The average Bonchev–Trinajstić information content (AvgIpc) is 2.64. The van der Waals surface area contributed by atoms with E-state index in [0.29, 0.717) is 22.8 Å². The van der Waals surface area contributed by atoms with Gasteiger partial charge in [-0.05, 0) is 19.9 Å². The molecule has 5 nitrogen and oxygen atoms in total. The van der Waals surface area contributed by atoms with Gasteiger partial charge >= 0.3 is 0 Å². The first-order chi connectivity index (χ1) is 7.59. The Labute approximate surface area is 91.9 Å². The van der Waals surface area contributed by atoms with Crippen LogP contribution in [0.15, 0.2) is 28.8 Å². The fourth-order valence-corrected chi connectivity index (χ4v) is 1.53. The summed E-state index contributed by atoms with van der Waals surface area (Å²) in [7, 11) is 0. The zero-order chi connectivity index (χ0) is 11.7. The Bertz CT molecular complexity index is 546. The number of hydrogen-bond donors (Lipinski definition) is 0.